The van der Waals surface area contributed by atoms with E-state index in [-0.39, 0.29) is 5.54 Å². The van der Waals surface area contributed by atoms with Crippen LogP contribution in [0.1, 0.15) is 36.6 Å². The molecule has 0 bridgehead atoms. The maximum absolute atomic E-state index is 6.45. The third-order valence-electron chi connectivity index (χ3n) is 3.58. The molecule has 102 valence electrons. The maximum Gasteiger partial charge on any atom is 0.113 e. The Kier molecular flexibility index (Phi) is 4.43. The lowest BCUT2D eigenvalue weighted by Gasteiger charge is -2.23. The first-order valence-electron chi connectivity index (χ1n) is 6.53. The molecule has 2 aromatic rings. The Morgan fingerprint density at radius 2 is 2.00 bits per heavy atom. The molecule has 2 nitrogen and oxygen atoms in total. The van der Waals surface area contributed by atoms with Crippen LogP contribution in [0.2, 0.25) is 0 Å². The molecule has 2 rings (SSSR count). The first-order chi connectivity index (χ1) is 9.00. The van der Waals surface area contributed by atoms with E-state index >= 15 is 0 Å². The molecule has 0 radical (unpaired) electrons. The Morgan fingerprint density at radius 3 is 2.58 bits per heavy atom. The van der Waals surface area contributed by atoms with Gasteiger partial charge in [0.05, 0.1) is 11.2 Å². The number of nitrogens with zero attached hydrogens (tertiary/aromatic N) is 1. The van der Waals surface area contributed by atoms with Gasteiger partial charge in [-0.2, -0.15) is 0 Å². The smallest absolute Gasteiger partial charge is 0.113 e. The minimum Gasteiger partial charge on any atom is -0.319 e. The number of hydrogen-bond acceptors (Lipinski definition) is 3. The van der Waals surface area contributed by atoms with E-state index in [1.807, 2.05) is 12.1 Å². The lowest BCUT2D eigenvalue weighted by Crippen LogP contribution is -2.34. The van der Waals surface area contributed by atoms with Crippen LogP contribution in [0.15, 0.2) is 28.7 Å². The predicted molar refractivity (Wildman–Crippen MR) is 86.4 cm³/mol. The summed E-state index contributed by atoms with van der Waals surface area (Å²) in [5, 5.41) is 1.05. The van der Waals surface area contributed by atoms with Gasteiger partial charge in [0, 0.05) is 14.9 Å². The highest BCUT2D eigenvalue weighted by Crippen LogP contribution is 2.35. The van der Waals surface area contributed by atoms with Gasteiger partial charge in [-0.05, 0) is 31.9 Å². The highest BCUT2D eigenvalue weighted by atomic mass is 79.9. The molecular formula is C15H19BrN2S. The summed E-state index contributed by atoms with van der Waals surface area (Å²) in [5.41, 5.74) is 8.35. The normalized spacial score (nSPS) is 11.8. The second-order valence-electron chi connectivity index (χ2n) is 4.80. The van der Waals surface area contributed by atoms with Crippen molar-refractivity contribution in [3.63, 3.8) is 0 Å². The Morgan fingerprint density at radius 1 is 1.32 bits per heavy atom. The summed E-state index contributed by atoms with van der Waals surface area (Å²) in [6.45, 7) is 6.36. The van der Waals surface area contributed by atoms with Gasteiger partial charge in [-0.25, -0.2) is 4.98 Å². The van der Waals surface area contributed by atoms with Crippen LogP contribution in [0.3, 0.4) is 0 Å². The number of nitrogens with two attached hydrogens (primary N) is 1. The molecule has 0 unspecified atom stereocenters. The fraction of sp³-hybridized carbons (Fsp3) is 0.400. The number of halogens is 1. The summed E-state index contributed by atoms with van der Waals surface area (Å²) in [6.07, 6.45) is 1.82. The van der Waals surface area contributed by atoms with Gasteiger partial charge in [-0.3, -0.25) is 0 Å². The quantitative estimate of drug-likeness (QED) is 0.864. The summed E-state index contributed by atoms with van der Waals surface area (Å²) in [4.78, 5) is 6.03. The second-order valence-corrected chi connectivity index (χ2v) is 6.92. The maximum atomic E-state index is 6.45. The van der Waals surface area contributed by atoms with Gasteiger partial charge >= 0.3 is 0 Å². The molecule has 0 aliphatic carbocycles. The number of aryl methyl sites for hydroxylation is 1. The van der Waals surface area contributed by atoms with Crippen LogP contribution >= 0.6 is 27.3 Å². The van der Waals surface area contributed by atoms with Crippen molar-refractivity contribution in [1.29, 1.82) is 0 Å². The van der Waals surface area contributed by atoms with E-state index in [1.165, 1.54) is 4.88 Å². The van der Waals surface area contributed by atoms with Crippen LogP contribution in [-0.4, -0.2) is 4.98 Å². The minimum atomic E-state index is -0.292. The molecule has 0 fully saturated rings. The molecule has 19 heavy (non-hydrogen) atoms. The van der Waals surface area contributed by atoms with Crippen molar-refractivity contribution in [2.45, 2.75) is 39.2 Å². The van der Waals surface area contributed by atoms with Crippen molar-refractivity contribution in [3.05, 3.63) is 38.6 Å². The van der Waals surface area contributed by atoms with Gasteiger partial charge in [-0.15, -0.1) is 11.3 Å². The average Bonchev–Trinajstić information content (AvgIpc) is 2.80. The van der Waals surface area contributed by atoms with E-state index in [0.29, 0.717) is 0 Å². The van der Waals surface area contributed by atoms with Crippen molar-refractivity contribution in [2.75, 3.05) is 0 Å². The zero-order chi connectivity index (χ0) is 14.0. The Labute approximate surface area is 127 Å². The number of aromatic nitrogens is 1. The van der Waals surface area contributed by atoms with E-state index in [0.717, 1.165) is 33.6 Å². The molecule has 4 heteroatoms. The number of rotatable bonds is 4. The summed E-state index contributed by atoms with van der Waals surface area (Å²) in [6, 6.07) is 8.25. The van der Waals surface area contributed by atoms with Crippen LogP contribution in [0.25, 0.3) is 11.3 Å². The van der Waals surface area contributed by atoms with Crippen molar-refractivity contribution in [1.82, 2.24) is 4.98 Å². The van der Waals surface area contributed by atoms with Crippen molar-refractivity contribution >= 4 is 27.3 Å². The number of thiazole rings is 1. The van der Waals surface area contributed by atoms with E-state index < -0.39 is 0 Å². The molecule has 1 aromatic heterocycles. The summed E-state index contributed by atoms with van der Waals surface area (Å²) >= 11 is 5.23. The third kappa shape index (κ3) is 2.91. The molecular weight excluding hydrogens is 320 g/mol. The lowest BCUT2D eigenvalue weighted by atomic mass is 9.95. The van der Waals surface area contributed by atoms with E-state index in [1.54, 1.807) is 11.3 Å². The predicted octanol–water partition coefficient (Wildman–Crippen LogP) is 4.86. The summed E-state index contributed by atoms with van der Waals surface area (Å²) < 4.78 is 1.07. The van der Waals surface area contributed by atoms with Gasteiger partial charge in [0.1, 0.15) is 5.01 Å². The van der Waals surface area contributed by atoms with Gasteiger partial charge in [0.15, 0.2) is 0 Å². The van der Waals surface area contributed by atoms with Gasteiger partial charge < -0.3 is 5.73 Å². The lowest BCUT2D eigenvalue weighted by molar-refractivity contribution is 0.411. The minimum absolute atomic E-state index is 0.292. The van der Waals surface area contributed by atoms with E-state index in [4.69, 9.17) is 10.7 Å². The Bertz CT molecular complexity index is 573. The molecule has 0 saturated carbocycles. The molecule has 1 aromatic carbocycles. The third-order valence-corrected chi connectivity index (χ3v) is 5.27. The topological polar surface area (TPSA) is 38.9 Å². The van der Waals surface area contributed by atoms with Gasteiger partial charge in [0.25, 0.3) is 0 Å². The fourth-order valence-corrected chi connectivity index (χ4v) is 3.64. The van der Waals surface area contributed by atoms with Crippen molar-refractivity contribution < 1.29 is 0 Å². The highest BCUT2D eigenvalue weighted by Gasteiger charge is 2.27. The average molecular weight is 339 g/mol. The number of benzene rings is 1. The second kappa shape index (κ2) is 5.73. The van der Waals surface area contributed by atoms with Crippen LogP contribution in [0.4, 0.5) is 0 Å². The van der Waals surface area contributed by atoms with Crippen molar-refractivity contribution in [3.8, 4) is 11.3 Å². The van der Waals surface area contributed by atoms with Crippen LogP contribution in [-0.2, 0) is 5.54 Å². The van der Waals surface area contributed by atoms with Gasteiger partial charge in [0.2, 0.25) is 0 Å². The van der Waals surface area contributed by atoms with Gasteiger partial charge in [-0.1, -0.05) is 41.9 Å². The molecule has 0 aliphatic rings. The molecule has 0 aliphatic heterocycles. The molecule has 0 atom stereocenters. The monoisotopic (exact) mass is 338 g/mol. The molecule has 1 heterocycles. The van der Waals surface area contributed by atoms with Crippen LogP contribution in [0, 0.1) is 6.92 Å². The first-order valence-corrected chi connectivity index (χ1v) is 8.14. The molecule has 0 amide bonds. The zero-order valence-electron chi connectivity index (χ0n) is 11.5. The molecule has 2 N–H and O–H groups in total. The van der Waals surface area contributed by atoms with E-state index in [2.05, 4.69) is 48.8 Å². The van der Waals surface area contributed by atoms with Crippen LogP contribution < -0.4 is 5.73 Å². The van der Waals surface area contributed by atoms with Crippen molar-refractivity contribution in [2.24, 2.45) is 5.73 Å². The molecule has 0 saturated heterocycles. The standard InChI is InChI=1S/C15H19BrN2S/c1-4-15(17,5-2)14-18-13(10(3)19-14)11-7-6-8-12(16)9-11/h6-9H,4-5,17H2,1-3H3. The fourth-order valence-electron chi connectivity index (χ4n) is 2.07. The largest absolute Gasteiger partial charge is 0.319 e. The summed E-state index contributed by atoms with van der Waals surface area (Å²) in [5.74, 6) is 0. The highest BCUT2D eigenvalue weighted by molar-refractivity contribution is 9.10. The first kappa shape index (κ1) is 14.7. The molecule has 0 spiro atoms. The van der Waals surface area contributed by atoms with Crippen LogP contribution in [0.5, 0.6) is 0 Å². The van der Waals surface area contributed by atoms with E-state index in [9.17, 15) is 0 Å². The Balaban J connectivity index is 2.47. The zero-order valence-corrected chi connectivity index (χ0v) is 13.9. The number of hydrogen-bond donors (Lipinski definition) is 1. The Hall–Kier alpha value is -0.710. The summed E-state index contributed by atoms with van der Waals surface area (Å²) in [7, 11) is 0. The SMILES string of the molecule is CCC(N)(CC)c1nc(-c2cccc(Br)c2)c(C)s1.